The molecule has 2 heterocycles. The highest BCUT2D eigenvalue weighted by atomic mass is 16.3. The van der Waals surface area contributed by atoms with Crippen LogP contribution < -0.4 is 0 Å². The Morgan fingerprint density at radius 3 is 2.22 bits per heavy atom. The predicted molar refractivity (Wildman–Crippen MR) is 67.5 cm³/mol. The number of aliphatic hydroxyl groups is 1. The molecule has 0 aromatic heterocycles. The van der Waals surface area contributed by atoms with E-state index in [1.54, 1.807) is 0 Å². The fourth-order valence-electron chi connectivity index (χ4n) is 3.49. The Morgan fingerprint density at radius 2 is 1.83 bits per heavy atom. The van der Waals surface area contributed by atoms with E-state index in [9.17, 15) is 15.2 Å². The van der Waals surface area contributed by atoms with Crippen LogP contribution in [0.3, 0.4) is 0 Å². The predicted octanol–water partition coefficient (Wildman–Crippen LogP) is 1.83. The van der Waals surface area contributed by atoms with E-state index < -0.39 is 5.41 Å². The number of nitriles is 1. The quantitative estimate of drug-likeness (QED) is 0.831. The van der Waals surface area contributed by atoms with Gasteiger partial charge in [-0.1, -0.05) is 13.8 Å². The van der Waals surface area contributed by atoms with Gasteiger partial charge in [0.15, 0.2) is 0 Å². The van der Waals surface area contributed by atoms with Gasteiger partial charge in [-0.15, -0.1) is 0 Å². The molecule has 2 saturated heterocycles. The average Bonchev–Trinajstić information content (AvgIpc) is 2.64. The van der Waals surface area contributed by atoms with Crippen LogP contribution in [0.15, 0.2) is 0 Å². The monoisotopic (exact) mass is 250 g/mol. The first-order chi connectivity index (χ1) is 8.57. The molecule has 2 fully saturated rings. The van der Waals surface area contributed by atoms with Crippen LogP contribution in [0.25, 0.3) is 0 Å². The highest BCUT2D eigenvalue weighted by molar-refractivity contribution is 5.86. The van der Waals surface area contributed by atoms with E-state index in [0.717, 1.165) is 12.8 Å². The van der Waals surface area contributed by atoms with E-state index in [-0.39, 0.29) is 24.1 Å². The molecule has 0 spiro atoms. The van der Waals surface area contributed by atoms with E-state index in [0.29, 0.717) is 25.7 Å². The number of hydrogen-bond donors (Lipinski definition) is 1. The molecule has 0 radical (unpaired) electrons. The molecule has 2 unspecified atom stereocenters. The summed E-state index contributed by atoms with van der Waals surface area (Å²) in [5.74, 6) is -0.00519. The maximum Gasteiger partial charge on any atom is 0.243 e. The lowest BCUT2D eigenvalue weighted by molar-refractivity contribution is -0.145. The van der Waals surface area contributed by atoms with Gasteiger partial charge in [-0.25, -0.2) is 0 Å². The summed E-state index contributed by atoms with van der Waals surface area (Å²) < 4.78 is 0. The van der Waals surface area contributed by atoms with Gasteiger partial charge in [0.2, 0.25) is 5.91 Å². The van der Waals surface area contributed by atoms with Gasteiger partial charge >= 0.3 is 0 Å². The van der Waals surface area contributed by atoms with Gasteiger partial charge in [-0.3, -0.25) is 4.79 Å². The number of piperidine rings is 1. The average molecular weight is 250 g/mol. The maximum absolute atomic E-state index is 12.7. The van der Waals surface area contributed by atoms with Gasteiger partial charge in [0, 0.05) is 12.1 Å². The summed E-state index contributed by atoms with van der Waals surface area (Å²) in [7, 11) is 0. The first-order valence-electron chi connectivity index (χ1n) is 7.00. The minimum atomic E-state index is -0.858. The molecular formula is C14H22N2O2. The van der Waals surface area contributed by atoms with Crippen LogP contribution >= 0.6 is 0 Å². The lowest BCUT2D eigenvalue weighted by Crippen LogP contribution is -2.53. The van der Waals surface area contributed by atoms with Gasteiger partial charge in [-0.2, -0.15) is 5.26 Å². The molecule has 2 bridgehead atoms. The summed E-state index contributed by atoms with van der Waals surface area (Å²) in [5, 5.41) is 19.1. The largest absolute Gasteiger partial charge is 0.393 e. The van der Waals surface area contributed by atoms with E-state index in [1.807, 2.05) is 18.7 Å². The zero-order valence-corrected chi connectivity index (χ0v) is 11.2. The third-order valence-corrected chi connectivity index (χ3v) is 4.77. The number of aliphatic hydroxyl groups excluding tert-OH is 1. The zero-order valence-electron chi connectivity index (χ0n) is 11.2. The zero-order chi connectivity index (χ0) is 13.3. The van der Waals surface area contributed by atoms with Gasteiger partial charge in [-0.05, 0) is 38.5 Å². The van der Waals surface area contributed by atoms with Crippen molar-refractivity contribution in [3.8, 4) is 6.07 Å². The number of carbonyl (C=O) groups is 1. The van der Waals surface area contributed by atoms with Gasteiger partial charge < -0.3 is 10.0 Å². The van der Waals surface area contributed by atoms with Crippen LogP contribution in [0.2, 0.25) is 0 Å². The standard InChI is InChI=1S/C14H22N2O2/c1-3-14(4-2,9-15)13(18)16-10-5-6-11(16)8-12(17)7-10/h10-12,17H,3-8H2,1-2H3. The second kappa shape index (κ2) is 4.89. The van der Waals surface area contributed by atoms with Crippen LogP contribution in [0, 0.1) is 16.7 Å². The molecule has 0 aromatic carbocycles. The SMILES string of the molecule is CCC(C#N)(CC)C(=O)N1C2CCC1CC(O)C2. The van der Waals surface area contributed by atoms with Crippen molar-refractivity contribution in [2.45, 2.75) is 70.6 Å². The van der Waals surface area contributed by atoms with Crippen molar-refractivity contribution >= 4 is 5.91 Å². The van der Waals surface area contributed by atoms with Crippen molar-refractivity contribution in [3.63, 3.8) is 0 Å². The summed E-state index contributed by atoms with van der Waals surface area (Å²) in [6.07, 6.45) is 4.17. The van der Waals surface area contributed by atoms with Crippen molar-refractivity contribution in [2.24, 2.45) is 5.41 Å². The molecule has 0 aromatic rings. The van der Waals surface area contributed by atoms with Crippen molar-refractivity contribution in [2.75, 3.05) is 0 Å². The Balaban J connectivity index is 2.22. The van der Waals surface area contributed by atoms with Gasteiger partial charge in [0.25, 0.3) is 0 Å². The highest BCUT2D eigenvalue weighted by Gasteiger charge is 2.48. The normalized spacial score (nSPS) is 31.2. The third kappa shape index (κ3) is 1.91. The first kappa shape index (κ1) is 13.4. The molecule has 0 aliphatic carbocycles. The third-order valence-electron chi connectivity index (χ3n) is 4.77. The molecular weight excluding hydrogens is 228 g/mol. The van der Waals surface area contributed by atoms with Gasteiger partial charge in [0.05, 0.1) is 12.2 Å². The molecule has 4 heteroatoms. The topological polar surface area (TPSA) is 64.3 Å². The number of fused-ring (bicyclic) bond motifs is 2. The first-order valence-corrected chi connectivity index (χ1v) is 7.00. The molecule has 1 amide bonds. The Hall–Kier alpha value is -1.08. The molecule has 18 heavy (non-hydrogen) atoms. The smallest absolute Gasteiger partial charge is 0.243 e. The lowest BCUT2D eigenvalue weighted by atomic mass is 9.81. The molecule has 2 aliphatic rings. The number of hydrogen-bond acceptors (Lipinski definition) is 3. The van der Waals surface area contributed by atoms with Gasteiger partial charge in [0.1, 0.15) is 5.41 Å². The van der Waals surface area contributed by atoms with Crippen molar-refractivity contribution in [3.05, 3.63) is 0 Å². The molecule has 1 N–H and O–H groups in total. The minimum Gasteiger partial charge on any atom is -0.393 e. The Bertz CT molecular complexity index is 356. The summed E-state index contributed by atoms with van der Waals surface area (Å²) in [6, 6.07) is 2.54. The van der Waals surface area contributed by atoms with Crippen LogP contribution in [-0.2, 0) is 4.79 Å². The van der Waals surface area contributed by atoms with E-state index in [1.165, 1.54) is 0 Å². The highest BCUT2D eigenvalue weighted by Crippen LogP contribution is 2.40. The second-order valence-corrected chi connectivity index (χ2v) is 5.62. The minimum absolute atomic E-state index is 0.00519. The van der Waals surface area contributed by atoms with Crippen molar-refractivity contribution in [1.29, 1.82) is 5.26 Å². The fourth-order valence-corrected chi connectivity index (χ4v) is 3.49. The van der Waals surface area contributed by atoms with E-state index in [2.05, 4.69) is 6.07 Å². The van der Waals surface area contributed by atoms with Crippen LogP contribution in [-0.4, -0.2) is 34.1 Å². The molecule has 2 rings (SSSR count). The molecule has 2 aliphatic heterocycles. The lowest BCUT2D eigenvalue weighted by Gasteiger charge is -2.41. The van der Waals surface area contributed by atoms with Crippen molar-refractivity contribution < 1.29 is 9.90 Å². The fraction of sp³-hybridized carbons (Fsp3) is 0.857. The molecule has 4 nitrogen and oxygen atoms in total. The van der Waals surface area contributed by atoms with E-state index in [4.69, 9.17) is 0 Å². The maximum atomic E-state index is 12.7. The Labute approximate surface area is 109 Å². The number of rotatable bonds is 3. The Kier molecular flexibility index (Phi) is 3.63. The Morgan fingerprint density at radius 1 is 1.33 bits per heavy atom. The summed E-state index contributed by atoms with van der Waals surface area (Å²) in [4.78, 5) is 14.6. The molecule has 2 atom stereocenters. The van der Waals surface area contributed by atoms with E-state index >= 15 is 0 Å². The van der Waals surface area contributed by atoms with Crippen LogP contribution in [0.1, 0.15) is 52.4 Å². The van der Waals surface area contributed by atoms with Crippen LogP contribution in [0.5, 0.6) is 0 Å². The number of carbonyl (C=O) groups excluding carboxylic acids is 1. The van der Waals surface area contributed by atoms with Crippen molar-refractivity contribution in [1.82, 2.24) is 4.90 Å². The summed E-state index contributed by atoms with van der Waals surface area (Å²) >= 11 is 0. The number of nitrogens with zero attached hydrogens (tertiary/aromatic N) is 2. The summed E-state index contributed by atoms with van der Waals surface area (Å²) in [5.41, 5.74) is -0.858. The van der Waals surface area contributed by atoms with Crippen LogP contribution in [0.4, 0.5) is 0 Å². The number of amides is 1. The summed E-state index contributed by atoms with van der Waals surface area (Å²) in [6.45, 7) is 3.82. The second-order valence-electron chi connectivity index (χ2n) is 5.62. The molecule has 100 valence electrons. The molecule has 0 saturated carbocycles.